The Morgan fingerprint density at radius 3 is 1.72 bits per heavy atom. The summed E-state index contributed by atoms with van der Waals surface area (Å²) in [6.07, 6.45) is 6.42. The second kappa shape index (κ2) is 16.4. The van der Waals surface area contributed by atoms with Gasteiger partial charge in [0.25, 0.3) is 11.8 Å². The zero-order valence-electron chi connectivity index (χ0n) is 37.5. The number of rotatable bonds is 6. The quantitative estimate of drug-likeness (QED) is 0.146. The first-order valence-electron chi connectivity index (χ1n) is 20.3. The van der Waals surface area contributed by atoms with Crippen LogP contribution in [-0.2, 0) is 30.4 Å². The van der Waals surface area contributed by atoms with Crippen molar-refractivity contribution in [3.05, 3.63) is 83.4 Å². The summed E-state index contributed by atoms with van der Waals surface area (Å²) in [5, 5.41) is 35.1. The molecule has 0 aliphatic carbocycles. The molecule has 326 valence electrons. The fraction of sp³-hybridized carbons (Fsp3) is 0.326. The van der Waals surface area contributed by atoms with Crippen LogP contribution in [0, 0.1) is 28.1 Å². The summed E-state index contributed by atoms with van der Waals surface area (Å²) < 4.78 is 10.5. The Morgan fingerprint density at radius 2 is 1.22 bits per heavy atom. The molecule has 0 fully saturated rings. The first-order chi connectivity index (χ1) is 30.0. The number of nitriles is 2. The van der Waals surface area contributed by atoms with Crippen LogP contribution in [-0.4, -0.2) is 77.9 Å². The van der Waals surface area contributed by atoms with Gasteiger partial charge in [0.15, 0.2) is 18.0 Å². The summed E-state index contributed by atoms with van der Waals surface area (Å²) in [4.78, 5) is 59.5. The summed E-state index contributed by atoms with van der Waals surface area (Å²) in [5.41, 5.74) is 6.04. The molecule has 0 spiro atoms. The van der Waals surface area contributed by atoms with Crippen molar-refractivity contribution in [2.45, 2.75) is 80.1 Å². The summed E-state index contributed by atoms with van der Waals surface area (Å²) in [5.74, 6) is -0.898. The molecule has 0 saturated heterocycles. The summed E-state index contributed by atoms with van der Waals surface area (Å²) in [6.45, 7) is 16.7. The zero-order chi connectivity index (χ0) is 46.5. The number of nitrogens with one attached hydrogen (secondary N) is 3. The van der Waals surface area contributed by atoms with Gasteiger partial charge < -0.3 is 20.4 Å². The van der Waals surface area contributed by atoms with Crippen LogP contribution in [0.15, 0.2) is 61.2 Å². The van der Waals surface area contributed by atoms with Crippen LogP contribution in [0.1, 0.15) is 94.2 Å². The standard InChI is InChI=1S/C26H29N7O3.C20H19N7O/c1-25(2,3)24(35)36-14-33-13-17(23(34)30-26(4,5)6)21-22(33)28-12-18(29-21)20-16-9-8-15(11-27)10-19(16)32(7)31-20;1-20(2,3)25-19(28)13-9-22-18-17(13)24-14(10-23-18)16-12-6-5-11(8-21)7-15(12)27(4)26-16/h8-10,12-13H,14H2,1-7H3,(H,30,34);5-7,9-10H,1-4H3,(H,22,23)(H,25,28). The molecule has 8 aromatic rings. The molecule has 6 heterocycles. The lowest BCUT2D eigenvalue weighted by Gasteiger charge is -2.20. The van der Waals surface area contributed by atoms with Gasteiger partial charge in [0.05, 0.1) is 63.2 Å². The number of carbonyl (C=O) groups is 3. The number of carbonyl (C=O) groups excluding carboxylic acids is 3. The highest BCUT2D eigenvalue weighted by Crippen LogP contribution is 2.31. The van der Waals surface area contributed by atoms with Crippen molar-refractivity contribution < 1.29 is 19.1 Å². The molecule has 18 nitrogen and oxygen atoms in total. The fourth-order valence-electron chi connectivity index (χ4n) is 6.80. The molecule has 0 aliphatic heterocycles. The molecule has 2 aromatic carbocycles. The minimum absolute atomic E-state index is 0.104. The van der Waals surface area contributed by atoms with E-state index < -0.39 is 11.0 Å². The van der Waals surface area contributed by atoms with Crippen molar-refractivity contribution >= 4 is 61.9 Å². The third-order valence-electron chi connectivity index (χ3n) is 9.81. The Hall–Kier alpha value is -7.99. The maximum atomic E-state index is 13.2. The average Bonchev–Trinajstić information content (AvgIpc) is 3.99. The molecule has 3 N–H and O–H groups in total. The van der Waals surface area contributed by atoms with Crippen molar-refractivity contribution in [3.63, 3.8) is 0 Å². The van der Waals surface area contributed by atoms with E-state index >= 15 is 0 Å². The van der Waals surface area contributed by atoms with Crippen molar-refractivity contribution in [1.29, 1.82) is 10.5 Å². The molecule has 0 unspecified atom stereocenters. The van der Waals surface area contributed by atoms with Crippen LogP contribution in [0.5, 0.6) is 0 Å². The highest BCUT2D eigenvalue weighted by Gasteiger charge is 2.27. The molecule has 0 atom stereocenters. The molecule has 18 heteroatoms. The van der Waals surface area contributed by atoms with Crippen LogP contribution >= 0.6 is 0 Å². The van der Waals surface area contributed by atoms with Gasteiger partial charge >= 0.3 is 5.97 Å². The third-order valence-corrected chi connectivity index (χ3v) is 9.81. The van der Waals surface area contributed by atoms with E-state index in [-0.39, 0.29) is 30.1 Å². The van der Waals surface area contributed by atoms with Crippen LogP contribution in [0.4, 0.5) is 0 Å². The molecule has 6 aromatic heterocycles. The zero-order valence-corrected chi connectivity index (χ0v) is 37.5. The number of aryl methyl sites for hydroxylation is 2. The van der Waals surface area contributed by atoms with E-state index in [1.807, 2.05) is 60.7 Å². The van der Waals surface area contributed by atoms with Gasteiger partial charge in [-0.1, -0.05) is 0 Å². The second-order valence-electron chi connectivity index (χ2n) is 18.4. The number of aromatic nitrogens is 10. The van der Waals surface area contributed by atoms with Crippen molar-refractivity contribution in [2.75, 3.05) is 0 Å². The van der Waals surface area contributed by atoms with Crippen molar-refractivity contribution in [2.24, 2.45) is 19.5 Å². The first-order valence-corrected chi connectivity index (χ1v) is 20.3. The SMILES string of the molecule is Cn1nc(-c2cnc3[nH]cc(C(=O)NC(C)(C)C)c3n2)c2ccc(C#N)cc21.Cn1nc(-c2cnc3c(n2)c(C(=O)NC(C)(C)C)cn3COC(=O)C(C)(C)C)c2ccc(C#N)cc21. The number of hydrogen-bond acceptors (Lipinski definition) is 12. The molecular formula is C46H48N14O4. The van der Waals surface area contributed by atoms with Gasteiger partial charge in [-0.25, -0.2) is 19.9 Å². The molecule has 8 rings (SSSR count). The molecular weight excluding hydrogens is 813 g/mol. The maximum Gasteiger partial charge on any atom is 0.312 e. The lowest BCUT2D eigenvalue weighted by molar-refractivity contribution is -0.156. The Balaban J connectivity index is 0.000000197. The number of aromatic amines is 1. The van der Waals surface area contributed by atoms with Gasteiger partial charge in [0.2, 0.25) is 0 Å². The van der Waals surface area contributed by atoms with Gasteiger partial charge in [-0.05, 0) is 98.7 Å². The Kier molecular flexibility index (Phi) is 11.3. The number of amides is 2. The molecule has 0 bridgehead atoms. The summed E-state index contributed by atoms with van der Waals surface area (Å²) >= 11 is 0. The minimum atomic E-state index is -0.667. The largest absolute Gasteiger partial charge is 0.443 e. The van der Waals surface area contributed by atoms with E-state index in [9.17, 15) is 19.6 Å². The van der Waals surface area contributed by atoms with E-state index in [1.54, 1.807) is 90.8 Å². The number of nitrogens with zero attached hydrogens (tertiary/aromatic N) is 11. The summed E-state index contributed by atoms with van der Waals surface area (Å²) in [7, 11) is 3.61. The van der Waals surface area contributed by atoms with Crippen LogP contribution in [0.2, 0.25) is 0 Å². The molecule has 64 heavy (non-hydrogen) atoms. The number of hydrogen-bond donors (Lipinski definition) is 3. The maximum absolute atomic E-state index is 13.2. The molecule has 0 radical (unpaired) electrons. The van der Waals surface area contributed by atoms with E-state index in [4.69, 9.17) is 15.0 Å². The van der Waals surface area contributed by atoms with Gasteiger partial charge in [-0.15, -0.1) is 0 Å². The molecule has 0 aliphatic rings. The van der Waals surface area contributed by atoms with Crippen LogP contribution < -0.4 is 10.6 Å². The smallest absolute Gasteiger partial charge is 0.312 e. The normalized spacial score (nSPS) is 11.9. The van der Waals surface area contributed by atoms with Crippen LogP contribution in [0.3, 0.4) is 0 Å². The molecule has 2 amide bonds. The van der Waals surface area contributed by atoms with E-state index in [2.05, 4.69) is 52.9 Å². The summed E-state index contributed by atoms with van der Waals surface area (Å²) in [6, 6.07) is 15.0. The number of esters is 1. The minimum Gasteiger partial charge on any atom is -0.443 e. The van der Waals surface area contributed by atoms with E-state index in [0.717, 1.165) is 21.8 Å². The molecule has 0 saturated carbocycles. The lowest BCUT2D eigenvalue weighted by atomic mass is 9.98. The van der Waals surface area contributed by atoms with Crippen molar-refractivity contribution in [3.8, 4) is 34.9 Å². The van der Waals surface area contributed by atoms with Gasteiger partial charge in [0, 0.05) is 48.3 Å². The van der Waals surface area contributed by atoms with Gasteiger partial charge in [0.1, 0.15) is 33.8 Å². The first kappa shape index (κ1) is 44.1. The highest BCUT2D eigenvalue weighted by molar-refractivity contribution is 6.06. The van der Waals surface area contributed by atoms with E-state index in [0.29, 0.717) is 67.4 Å². The third kappa shape index (κ3) is 8.98. The number of benzene rings is 2. The average molecular weight is 861 g/mol. The second-order valence-corrected chi connectivity index (χ2v) is 18.4. The predicted molar refractivity (Wildman–Crippen MR) is 240 cm³/mol. The lowest BCUT2D eigenvalue weighted by Crippen LogP contribution is -2.40. The Morgan fingerprint density at radius 1 is 0.719 bits per heavy atom. The topological polar surface area (TPSA) is 240 Å². The van der Waals surface area contributed by atoms with Crippen molar-refractivity contribution in [1.82, 2.24) is 59.7 Å². The number of H-pyrrole nitrogens is 1. The van der Waals surface area contributed by atoms with Crippen LogP contribution in [0.25, 0.3) is 66.9 Å². The highest BCUT2D eigenvalue weighted by atomic mass is 16.5. The van der Waals surface area contributed by atoms with Gasteiger partial charge in [-0.3, -0.25) is 28.3 Å². The predicted octanol–water partition coefficient (Wildman–Crippen LogP) is 6.84. The Labute approximate surface area is 368 Å². The van der Waals surface area contributed by atoms with Gasteiger partial charge in [-0.2, -0.15) is 20.7 Å². The monoisotopic (exact) mass is 860 g/mol. The van der Waals surface area contributed by atoms with E-state index in [1.165, 1.54) is 0 Å². The fourth-order valence-corrected chi connectivity index (χ4v) is 6.80. The number of ether oxygens (including phenoxy) is 1. The number of fused-ring (bicyclic) bond motifs is 4. The Bertz CT molecular complexity index is 3240.